The lowest BCUT2D eigenvalue weighted by molar-refractivity contribution is -0.117. The van der Waals surface area contributed by atoms with E-state index in [2.05, 4.69) is 20.4 Å². The molecule has 2 aliphatic heterocycles. The number of amides is 1. The van der Waals surface area contributed by atoms with Gasteiger partial charge in [-0.25, -0.2) is 0 Å². The van der Waals surface area contributed by atoms with E-state index >= 15 is 0 Å². The molecule has 1 aromatic carbocycles. The van der Waals surface area contributed by atoms with Crippen LogP contribution < -0.4 is 10.6 Å². The molecule has 0 aromatic heterocycles. The number of hydrogen-bond donors (Lipinski definition) is 2. The number of anilines is 1. The van der Waals surface area contributed by atoms with E-state index in [-0.39, 0.29) is 5.91 Å². The average Bonchev–Trinajstić information content (AvgIpc) is 3.05. The third-order valence-electron chi connectivity index (χ3n) is 4.66. The highest BCUT2D eigenvalue weighted by molar-refractivity contribution is 5.92. The molecule has 0 aliphatic carbocycles. The maximum absolute atomic E-state index is 12.1. The first kappa shape index (κ1) is 15.5. The molecule has 2 fully saturated rings. The largest absolute Gasteiger partial charge is 0.325 e. The third-order valence-corrected chi connectivity index (χ3v) is 4.66. The Kier molecular flexibility index (Phi) is 5.08. The van der Waals surface area contributed by atoms with Crippen molar-refractivity contribution >= 4 is 11.6 Å². The normalized spacial score (nSPS) is 23.6. The zero-order valence-electron chi connectivity index (χ0n) is 13.3. The van der Waals surface area contributed by atoms with Gasteiger partial charge in [0.15, 0.2) is 0 Å². The summed E-state index contributed by atoms with van der Waals surface area (Å²) in [6.45, 7) is 8.91. The van der Waals surface area contributed by atoms with Crippen LogP contribution >= 0.6 is 0 Å². The van der Waals surface area contributed by atoms with E-state index in [9.17, 15) is 4.79 Å². The summed E-state index contributed by atoms with van der Waals surface area (Å²) in [5.41, 5.74) is 2.08. The number of carbonyl (C=O) groups excluding carboxylic acids is 1. The summed E-state index contributed by atoms with van der Waals surface area (Å²) >= 11 is 0. The molecule has 2 saturated heterocycles. The predicted octanol–water partition coefficient (Wildman–Crippen LogP) is 0.913. The maximum Gasteiger partial charge on any atom is 0.238 e. The number of nitrogens with zero attached hydrogens (tertiary/aromatic N) is 2. The first-order valence-corrected chi connectivity index (χ1v) is 8.24. The van der Waals surface area contributed by atoms with Crippen molar-refractivity contribution in [2.75, 3.05) is 51.1 Å². The Balaban J connectivity index is 1.42. The van der Waals surface area contributed by atoms with Gasteiger partial charge in [-0.2, -0.15) is 0 Å². The van der Waals surface area contributed by atoms with Crippen molar-refractivity contribution in [3.8, 4) is 0 Å². The quantitative estimate of drug-likeness (QED) is 0.868. The molecule has 5 heteroatoms. The van der Waals surface area contributed by atoms with E-state index in [0.29, 0.717) is 12.6 Å². The fourth-order valence-corrected chi connectivity index (χ4v) is 3.28. The zero-order valence-corrected chi connectivity index (χ0v) is 13.3. The first-order valence-electron chi connectivity index (χ1n) is 8.24. The second-order valence-electron chi connectivity index (χ2n) is 6.37. The molecule has 1 amide bonds. The molecule has 22 heavy (non-hydrogen) atoms. The maximum atomic E-state index is 12.1. The summed E-state index contributed by atoms with van der Waals surface area (Å²) in [7, 11) is 0. The van der Waals surface area contributed by atoms with Gasteiger partial charge in [-0.1, -0.05) is 17.7 Å². The Bertz CT molecular complexity index is 488. The van der Waals surface area contributed by atoms with Crippen LogP contribution in [0, 0.1) is 6.92 Å². The minimum Gasteiger partial charge on any atom is -0.325 e. The Morgan fingerprint density at radius 3 is 2.59 bits per heavy atom. The Labute approximate surface area is 132 Å². The number of benzene rings is 1. The molecule has 1 unspecified atom stereocenters. The van der Waals surface area contributed by atoms with Crippen LogP contribution in [0.1, 0.15) is 12.0 Å². The highest BCUT2D eigenvalue weighted by atomic mass is 16.2. The van der Waals surface area contributed by atoms with Crippen LogP contribution in [0.2, 0.25) is 0 Å². The Morgan fingerprint density at radius 2 is 1.95 bits per heavy atom. The first-order chi connectivity index (χ1) is 10.7. The number of hydrogen-bond acceptors (Lipinski definition) is 4. The van der Waals surface area contributed by atoms with E-state index in [1.165, 1.54) is 12.0 Å². The molecule has 2 N–H and O–H groups in total. The van der Waals surface area contributed by atoms with Crippen molar-refractivity contribution in [3.63, 3.8) is 0 Å². The summed E-state index contributed by atoms with van der Waals surface area (Å²) in [6, 6.07) is 8.65. The van der Waals surface area contributed by atoms with Crippen LogP contribution in [0.25, 0.3) is 0 Å². The lowest BCUT2D eigenvalue weighted by atomic mass is 10.2. The number of aryl methyl sites for hydroxylation is 1. The van der Waals surface area contributed by atoms with Crippen LogP contribution in [0.5, 0.6) is 0 Å². The Hall–Kier alpha value is -1.43. The summed E-state index contributed by atoms with van der Waals surface area (Å²) in [4.78, 5) is 16.9. The molecule has 1 atom stereocenters. The average molecular weight is 302 g/mol. The van der Waals surface area contributed by atoms with Gasteiger partial charge in [0.05, 0.1) is 6.54 Å². The van der Waals surface area contributed by atoms with Gasteiger partial charge in [-0.3, -0.25) is 14.6 Å². The van der Waals surface area contributed by atoms with Gasteiger partial charge in [0.2, 0.25) is 5.91 Å². The van der Waals surface area contributed by atoms with Gasteiger partial charge >= 0.3 is 0 Å². The standard InChI is InChI=1S/C17H26N4O/c1-14-2-4-15(5-3-14)19-17(22)13-20-8-10-21(11-9-20)16-6-7-18-12-16/h2-5,16,18H,6-13H2,1H3,(H,19,22). The van der Waals surface area contributed by atoms with E-state index in [0.717, 1.165) is 45.0 Å². The molecule has 1 aromatic rings. The van der Waals surface area contributed by atoms with Gasteiger partial charge in [-0.15, -0.1) is 0 Å². The van der Waals surface area contributed by atoms with E-state index < -0.39 is 0 Å². The van der Waals surface area contributed by atoms with E-state index in [1.807, 2.05) is 31.2 Å². The van der Waals surface area contributed by atoms with Crippen molar-refractivity contribution < 1.29 is 4.79 Å². The summed E-state index contributed by atoms with van der Waals surface area (Å²) < 4.78 is 0. The Morgan fingerprint density at radius 1 is 1.23 bits per heavy atom. The lowest BCUT2D eigenvalue weighted by Gasteiger charge is -2.37. The number of carbonyl (C=O) groups is 1. The molecular formula is C17H26N4O. The van der Waals surface area contributed by atoms with Crippen LogP contribution in [-0.2, 0) is 4.79 Å². The number of nitrogens with one attached hydrogen (secondary N) is 2. The molecule has 120 valence electrons. The second-order valence-corrected chi connectivity index (χ2v) is 6.37. The van der Waals surface area contributed by atoms with E-state index in [1.54, 1.807) is 0 Å². The van der Waals surface area contributed by atoms with Gasteiger partial charge in [0.25, 0.3) is 0 Å². The van der Waals surface area contributed by atoms with Crippen LogP contribution in [-0.4, -0.2) is 67.6 Å². The van der Waals surface area contributed by atoms with Gasteiger partial charge < -0.3 is 10.6 Å². The summed E-state index contributed by atoms with van der Waals surface area (Å²) in [5, 5.41) is 6.40. The number of rotatable bonds is 4. The predicted molar refractivity (Wildman–Crippen MR) is 89.1 cm³/mol. The van der Waals surface area contributed by atoms with Crippen LogP contribution in [0.15, 0.2) is 24.3 Å². The highest BCUT2D eigenvalue weighted by Gasteiger charge is 2.26. The fraction of sp³-hybridized carbons (Fsp3) is 0.588. The van der Waals surface area contributed by atoms with Crippen molar-refractivity contribution in [2.24, 2.45) is 0 Å². The molecule has 0 saturated carbocycles. The molecule has 2 heterocycles. The summed E-state index contributed by atoms with van der Waals surface area (Å²) in [6.07, 6.45) is 1.26. The van der Waals surface area contributed by atoms with Crippen molar-refractivity contribution in [1.29, 1.82) is 0 Å². The lowest BCUT2D eigenvalue weighted by Crippen LogP contribution is -2.52. The molecule has 0 radical (unpaired) electrons. The molecule has 5 nitrogen and oxygen atoms in total. The zero-order chi connectivity index (χ0) is 15.4. The van der Waals surface area contributed by atoms with E-state index in [4.69, 9.17) is 0 Å². The van der Waals surface area contributed by atoms with Crippen LogP contribution in [0.3, 0.4) is 0 Å². The molecule has 0 bridgehead atoms. The smallest absolute Gasteiger partial charge is 0.238 e. The van der Waals surface area contributed by atoms with Gasteiger partial charge in [0.1, 0.15) is 0 Å². The summed E-state index contributed by atoms with van der Waals surface area (Å²) in [5.74, 6) is 0.0832. The van der Waals surface area contributed by atoms with Gasteiger partial charge in [-0.05, 0) is 32.0 Å². The fourth-order valence-electron chi connectivity index (χ4n) is 3.28. The van der Waals surface area contributed by atoms with Crippen molar-refractivity contribution in [3.05, 3.63) is 29.8 Å². The molecular weight excluding hydrogens is 276 g/mol. The SMILES string of the molecule is Cc1ccc(NC(=O)CN2CCN(C3CCNC3)CC2)cc1. The van der Waals surface area contributed by atoms with Crippen molar-refractivity contribution in [1.82, 2.24) is 15.1 Å². The monoisotopic (exact) mass is 302 g/mol. The minimum atomic E-state index is 0.0832. The van der Waals surface area contributed by atoms with Crippen molar-refractivity contribution in [2.45, 2.75) is 19.4 Å². The number of piperazine rings is 1. The topological polar surface area (TPSA) is 47.6 Å². The molecule has 2 aliphatic rings. The van der Waals surface area contributed by atoms with Crippen LogP contribution in [0.4, 0.5) is 5.69 Å². The highest BCUT2D eigenvalue weighted by Crippen LogP contribution is 2.12. The van der Waals surface area contributed by atoms with Gasteiger partial charge in [0, 0.05) is 44.5 Å². The molecule has 3 rings (SSSR count). The molecule has 0 spiro atoms. The third kappa shape index (κ3) is 4.06. The second kappa shape index (κ2) is 7.22. The minimum absolute atomic E-state index is 0.0832.